The molecule has 3 aromatic rings. The summed E-state index contributed by atoms with van der Waals surface area (Å²) in [7, 11) is -7.09. The second-order valence-corrected chi connectivity index (χ2v) is 10.7. The SMILES string of the molecule is Cc1ccc(S(=O)(=O)Nc2cccc(-c3ccc(S(C)(=O)=O)nn3)c2)s1. The molecule has 0 atom stereocenters. The molecule has 0 bridgehead atoms. The topological polar surface area (TPSA) is 106 Å². The summed E-state index contributed by atoms with van der Waals surface area (Å²) in [5, 5.41) is 7.50. The average Bonchev–Trinajstić information content (AvgIpc) is 3.02. The van der Waals surface area contributed by atoms with Crippen molar-refractivity contribution in [2.45, 2.75) is 16.2 Å². The molecule has 1 N–H and O–H groups in total. The van der Waals surface area contributed by atoms with E-state index in [-0.39, 0.29) is 9.24 Å². The quantitative estimate of drug-likeness (QED) is 0.694. The molecule has 0 aliphatic carbocycles. The van der Waals surface area contributed by atoms with Gasteiger partial charge in [-0.25, -0.2) is 16.8 Å². The van der Waals surface area contributed by atoms with E-state index < -0.39 is 19.9 Å². The van der Waals surface area contributed by atoms with Crippen molar-refractivity contribution in [3.8, 4) is 11.3 Å². The monoisotopic (exact) mass is 409 g/mol. The lowest BCUT2D eigenvalue weighted by Crippen LogP contribution is -2.11. The zero-order valence-corrected chi connectivity index (χ0v) is 16.3. The maximum absolute atomic E-state index is 12.4. The molecule has 0 aliphatic rings. The van der Waals surface area contributed by atoms with Gasteiger partial charge in [-0.15, -0.1) is 21.5 Å². The molecule has 7 nitrogen and oxygen atoms in total. The largest absolute Gasteiger partial charge is 0.279 e. The normalized spacial score (nSPS) is 12.1. The minimum absolute atomic E-state index is 0.119. The second-order valence-electron chi connectivity index (χ2n) is 5.58. The Bertz CT molecular complexity index is 1150. The minimum Gasteiger partial charge on any atom is -0.279 e. The summed E-state index contributed by atoms with van der Waals surface area (Å²) in [5.41, 5.74) is 1.42. The molecule has 10 heteroatoms. The van der Waals surface area contributed by atoms with Gasteiger partial charge in [0, 0.05) is 22.4 Å². The van der Waals surface area contributed by atoms with Gasteiger partial charge in [0.05, 0.1) is 5.69 Å². The third-order valence-electron chi connectivity index (χ3n) is 3.41. The Hall–Kier alpha value is -2.30. The molecule has 136 valence electrons. The Morgan fingerprint density at radius 3 is 2.31 bits per heavy atom. The summed E-state index contributed by atoms with van der Waals surface area (Å²) in [6, 6.07) is 12.8. The van der Waals surface area contributed by atoms with E-state index in [0.29, 0.717) is 16.9 Å². The van der Waals surface area contributed by atoms with Crippen LogP contribution < -0.4 is 4.72 Å². The molecular formula is C16H15N3O4S3. The number of benzene rings is 1. The number of hydrogen-bond donors (Lipinski definition) is 1. The fraction of sp³-hybridized carbons (Fsp3) is 0.125. The number of aromatic nitrogens is 2. The van der Waals surface area contributed by atoms with E-state index in [2.05, 4.69) is 14.9 Å². The highest BCUT2D eigenvalue weighted by molar-refractivity contribution is 7.94. The van der Waals surface area contributed by atoms with Gasteiger partial charge < -0.3 is 0 Å². The molecule has 0 radical (unpaired) electrons. The van der Waals surface area contributed by atoms with Gasteiger partial charge in [0.2, 0.25) is 0 Å². The molecular weight excluding hydrogens is 394 g/mol. The first-order valence-electron chi connectivity index (χ1n) is 7.39. The molecule has 3 rings (SSSR count). The van der Waals surface area contributed by atoms with Crippen LogP contribution >= 0.6 is 11.3 Å². The summed E-state index contributed by atoms with van der Waals surface area (Å²) < 4.78 is 50.5. The van der Waals surface area contributed by atoms with Crippen LogP contribution in [-0.2, 0) is 19.9 Å². The first kappa shape index (κ1) is 18.5. The summed E-state index contributed by atoms with van der Waals surface area (Å²) in [6.07, 6.45) is 1.05. The lowest BCUT2D eigenvalue weighted by molar-refractivity contribution is 0.595. The zero-order chi connectivity index (χ0) is 18.9. The highest BCUT2D eigenvalue weighted by atomic mass is 32.2. The van der Waals surface area contributed by atoms with E-state index in [1.54, 1.807) is 36.4 Å². The molecule has 0 unspecified atom stereocenters. The van der Waals surface area contributed by atoms with Crippen molar-refractivity contribution >= 4 is 36.9 Å². The lowest BCUT2D eigenvalue weighted by Gasteiger charge is -2.08. The Morgan fingerprint density at radius 1 is 0.962 bits per heavy atom. The Balaban J connectivity index is 1.89. The molecule has 0 amide bonds. The second kappa shape index (κ2) is 6.78. The van der Waals surface area contributed by atoms with Crippen LogP contribution in [0.5, 0.6) is 0 Å². The number of rotatable bonds is 5. The molecule has 0 spiro atoms. The van der Waals surface area contributed by atoms with Crippen molar-refractivity contribution in [3.63, 3.8) is 0 Å². The Kier molecular flexibility index (Phi) is 4.82. The molecule has 0 saturated carbocycles. The van der Waals surface area contributed by atoms with Crippen molar-refractivity contribution in [1.82, 2.24) is 10.2 Å². The van der Waals surface area contributed by atoms with Crippen LogP contribution in [0.4, 0.5) is 5.69 Å². The predicted octanol–water partition coefficient (Wildman–Crippen LogP) is 2.72. The average molecular weight is 410 g/mol. The molecule has 0 aliphatic heterocycles. The van der Waals surface area contributed by atoms with Gasteiger partial charge in [0.25, 0.3) is 10.0 Å². The van der Waals surface area contributed by atoms with Gasteiger partial charge in [0.1, 0.15) is 4.21 Å². The van der Waals surface area contributed by atoms with E-state index >= 15 is 0 Å². The number of hydrogen-bond acceptors (Lipinski definition) is 7. The number of nitrogens with one attached hydrogen (secondary N) is 1. The fourth-order valence-corrected chi connectivity index (χ4v) is 5.01. The van der Waals surface area contributed by atoms with Gasteiger partial charge in [-0.05, 0) is 43.3 Å². The van der Waals surface area contributed by atoms with Crippen LogP contribution in [0.3, 0.4) is 0 Å². The number of sulfonamides is 1. The van der Waals surface area contributed by atoms with Crippen LogP contribution in [0.2, 0.25) is 0 Å². The van der Waals surface area contributed by atoms with E-state index in [1.165, 1.54) is 23.5 Å². The Morgan fingerprint density at radius 2 is 1.73 bits per heavy atom. The molecule has 1 aromatic carbocycles. The summed E-state index contributed by atoms with van der Waals surface area (Å²) in [6.45, 7) is 1.84. The van der Waals surface area contributed by atoms with Crippen LogP contribution in [-0.4, -0.2) is 33.3 Å². The van der Waals surface area contributed by atoms with E-state index in [1.807, 2.05) is 6.92 Å². The van der Waals surface area contributed by atoms with Crippen molar-refractivity contribution in [1.29, 1.82) is 0 Å². The third-order valence-corrected chi connectivity index (χ3v) is 7.26. The van der Waals surface area contributed by atoms with Crippen molar-refractivity contribution in [2.24, 2.45) is 0 Å². The number of anilines is 1. The standard InChI is InChI=1S/C16H15N3O4S3/c1-11-6-9-16(24-11)26(22,23)19-13-5-3-4-12(10-13)14-7-8-15(18-17-14)25(2,20)21/h3-10,19H,1-2H3. The zero-order valence-electron chi connectivity index (χ0n) is 13.9. The first-order valence-corrected chi connectivity index (χ1v) is 11.6. The maximum atomic E-state index is 12.4. The van der Waals surface area contributed by atoms with E-state index in [9.17, 15) is 16.8 Å². The smallest absolute Gasteiger partial charge is 0.271 e. The highest BCUT2D eigenvalue weighted by Gasteiger charge is 2.17. The van der Waals surface area contributed by atoms with Crippen molar-refractivity contribution < 1.29 is 16.8 Å². The molecule has 0 fully saturated rings. The maximum Gasteiger partial charge on any atom is 0.271 e. The first-order chi connectivity index (χ1) is 12.1. The molecule has 0 saturated heterocycles. The van der Waals surface area contributed by atoms with Crippen LogP contribution in [0.15, 0.2) is 57.8 Å². The van der Waals surface area contributed by atoms with Crippen LogP contribution in [0.1, 0.15) is 4.88 Å². The molecule has 2 heterocycles. The fourth-order valence-electron chi connectivity index (χ4n) is 2.18. The van der Waals surface area contributed by atoms with Crippen LogP contribution in [0, 0.1) is 6.92 Å². The Labute approximate surface area is 155 Å². The summed E-state index contributed by atoms with van der Waals surface area (Å²) >= 11 is 1.19. The summed E-state index contributed by atoms with van der Waals surface area (Å²) in [4.78, 5) is 0.903. The molecule has 26 heavy (non-hydrogen) atoms. The van der Waals surface area contributed by atoms with Gasteiger partial charge in [-0.1, -0.05) is 12.1 Å². The van der Waals surface area contributed by atoms with Gasteiger partial charge >= 0.3 is 0 Å². The number of aryl methyl sites for hydroxylation is 1. The summed E-state index contributed by atoms with van der Waals surface area (Å²) in [5.74, 6) is 0. The third kappa shape index (κ3) is 4.09. The van der Waals surface area contributed by atoms with Crippen molar-refractivity contribution in [3.05, 3.63) is 53.4 Å². The minimum atomic E-state index is -3.66. The predicted molar refractivity (Wildman–Crippen MR) is 100 cm³/mol. The van der Waals surface area contributed by atoms with Gasteiger partial charge in [-0.2, -0.15) is 0 Å². The molecule has 2 aromatic heterocycles. The lowest BCUT2D eigenvalue weighted by atomic mass is 10.1. The van der Waals surface area contributed by atoms with E-state index in [4.69, 9.17) is 0 Å². The van der Waals surface area contributed by atoms with E-state index in [0.717, 1.165) is 11.1 Å². The number of sulfone groups is 1. The number of nitrogens with zero attached hydrogens (tertiary/aromatic N) is 2. The van der Waals surface area contributed by atoms with Crippen LogP contribution in [0.25, 0.3) is 11.3 Å². The van der Waals surface area contributed by atoms with Crippen molar-refractivity contribution in [2.75, 3.05) is 11.0 Å². The highest BCUT2D eigenvalue weighted by Crippen LogP contribution is 2.26. The number of thiophene rings is 1. The van der Waals surface area contributed by atoms with Gasteiger partial charge in [0.15, 0.2) is 14.9 Å². The van der Waals surface area contributed by atoms with Gasteiger partial charge in [-0.3, -0.25) is 4.72 Å².